The van der Waals surface area contributed by atoms with Gasteiger partial charge in [0.25, 0.3) is 5.69 Å². The fraction of sp³-hybridized carbons (Fsp3) is 0.214. The third-order valence-electron chi connectivity index (χ3n) is 3.60. The summed E-state index contributed by atoms with van der Waals surface area (Å²) in [5.41, 5.74) is 1.05. The van der Waals surface area contributed by atoms with Gasteiger partial charge in [-0.3, -0.25) is 14.9 Å². The molecule has 6 nitrogen and oxygen atoms in total. The van der Waals surface area contributed by atoms with E-state index in [1.165, 1.54) is 12.1 Å². The predicted octanol–water partition coefficient (Wildman–Crippen LogP) is 1.27. The molecule has 0 aliphatic heterocycles. The van der Waals surface area contributed by atoms with Crippen LogP contribution < -0.4 is 0 Å². The molecule has 3 rings (SSSR count). The maximum atomic E-state index is 11.5. The number of aliphatic hydroxyl groups is 2. The summed E-state index contributed by atoms with van der Waals surface area (Å²) in [6.07, 6.45) is -2.66. The average molecular weight is 273 g/mol. The van der Waals surface area contributed by atoms with Gasteiger partial charge in [0.2, 0.25) is 0 Å². The van der Waals surface area contributed by atoms with Crippen molar-refractivity contribution in [2.45, 2.75) is 18.6 Å². The van der Waals surface area contributed by atoms with Gasteiger partial charge in [0, 0.05) is 18.6 Å². The van der Waals surface area contributed by atoms with Crippen molar-refractivity contribution in [2.75, 3.05) is 0 Å². The number of carbonyl (C=O) groups is 1. The van der Waals surface area contributed by atoms with E-state index in [0.29, 0.717) is 16.5 Å². The second-order valence-corrected chi connectivity index (χ2v) is 4.87. The SMILES string of the molecule is O=C1Cc2cc3ccc([N+](=O)[O-])cc3cc2[C@H](O)[C@H]1O. The van der Waals surface area contributed by atoms with Gasteiger partial charge in [0.05, 0.1) is 4.92 Å². The molecular formula is C14H11NO5. The van der Waals surface area contributed by atoms with Crippen LogP contribution >= 0.6 is 0 Å². The van der Waals surface area contributed by atoms with E-state index in [9.17, 15) is 25.1 Å². The van der Waals surface area contributed by atoms with Crippen molar-refractivity contribution < 1.29 is 19.9 Å². The Hall–Kier alpha value is -2.31. The van der Waals surface area contributed by atoms with E-state index in [1.807, 2.05) is 0 Å². The van der Waals surface area contributed by atoms with Crippen molar-refractivity contribution in [1.29, 1.82) is 0 Å². The van der Waals surface area contributed by atoms with E-state index in [4.69, 9.17) is 0 Å². The molecule has 102 valence electrons. The molecular weight excluding hydrogens is 262 g/mol. The first-order valence-corrected chi connectivity index (χ1v) is 6.07. The van der Waals surface area contributed by atoms with Crippen LogP contribution in [-0.4, -0.2) is 27.0 Å². The summed E-state index contributed by atoms with van der Waals surface area (Å²) in [5, 5.41) is 31.6. The summed E-state index contributed by atoms with van der Waals surface area (Å²) in [7, 11) is 0. The molecule has 0 aromatic heterocycles. The smallest absolute Gasteiger partial charge is 0.270 e. The molecule has 0 fully saturated rings. The Bertz CT molecular complexity index is 740. The molecule has 2 N–H and O–H groups in total. The highest BCUT2D eigenvalue weighted by atomic mass is 16.6. The quantitative estimate of drug-likeness (QED) is 0.602. The summed E-state index contributed by atoms with van der Waals surface area (Å²) in [6, 6.07) is 7.73. The number of hydrogen-bond acceptors (Lipinski definition) is 5. The van der Waals surface area contributed by atoms with Crippen LogP contribution in [0.4, 0.5) is 5.69 Å². The van der Waals surface area contributed by atoms with E-state index in [0.717, 1.165) is 5.39 Å². The molecule has 6 heteroatoms. The van der Waals surface area contributed by atoms with Crippen molar-refractivity contribution in [3.8, 4) is 0 Å². The fourth-order valence-electron chi connectivity index (χ4n) is 2.53. The molecule has 0 saturated heterocycles. The van der Waals surface area contributed by atoms with Crippen LogP contribution in [0.2, 0.25) is 0 Å². The van der Waals surface area contributed by atoms with E-state index >= 15 is 0 Å². The number of aliphatic hydroxyl groups excluding tert-OH is 2. The van der Waals surface area contributed by atoms with Crippen molar-refractivity contribution in [3.63, 3.8) is 0 Å². The van der Waals surface area contributed by atoms with Gasteiger partial charge in [-0.05, 0) is 34.0 Å². The van der Waals surface area contributed by atoms with Gasteiger partial charge in [-0.15, -0.1) is 0 Å². The van der Waals surface area contributed by atoms with Crippen LogP contribution in [0.5, 0.6) is 0 Å². The summed E-state index contributed by atoms with van der Waals surface area (Å²) in [5.74, 6) is -0.425. The standard InChI is InChI=1S/C14H11NO5/c16-12-6-9-3-7-1-2-10(15(19)20)4-8(7)5-11(9)13(17)14(12)18/h1-5,13-14,17-18H,6H2/t13-,14-/m0/s1. The van der Waals surface area contributed by atoms with E-state index in [2.05, 4.69) is 0 Å². The van der Waals surface area contributed by atoms with Gasteiger partial charge in [-0.1, -0.05) is 6.07 Å². The van der Waals surface area contributed by atoms with Crippen LogP contribution in [-0.2, 0) is 11.2 Å². The number of rotatable bonds is 1. The molecule has 2 atom stereocenters. The van der Waals surface area contributed by atoms with Crippen LogP contribution in [0.3, 0.4) is 0 Å². The first-order valence-electron chi connectivity index (χ1n) is 6.07. The Balaban J connectivity index is 2.21. The molecule has 2 aromatic carbocycles. The number of benzene rings is 2. The second kappa shape index (κ2) is 4.36. The minimum atomic E-state index is -1.43. The molecule has 0 spiro atoms. The first-order chi connectivity index (χ1) is 9.47. The van der Waals surface area contributed by atoms with E-state index < -0.39 is 22.9 Å². The molecule has 1 aliphatic rings. The number of ketones is 1. The topological polar surface area (TPSA) is 101 Å². The van der Waals surface area contributed by atoms with Gasteiger partial charge in [0.15, 0.2) is 5.78 Å². The lowest BCUT2D eigenvalue weighted by molar-refractivity contribution is -0.384. The third-order valence-corrected chi connectivity index (χ3v) is 3.60. The summed E-state index contributed by atoms with van der Waals surface area (Å²) < 4.78 is 0. The Morgan fingerprint density at radius 2 is 1.85 bits per heavy atom. The lowest BCUT2D eigenvalue weighted by Crippen LogP contribution is -2.34. The number of hydrogen-bond donors (Lipinski definition) is 2. The highest BCUT2D eigenvalue weighted by molar-refractivity contribution is 5.92. The molecule has 1 aliphatic carbocycles. The van der Waals surface area contributed by atoms with Crippen molar-refractivity contribution in [3.05, 3.63) is 51.6 Å². The lowest BCUT2D eigenvalue weighted by Gasteiger charge is -2.25. The van der Waals surface area contributed by atoms with Crippen molar-refractivity contribution >= 4 is 22.2 Å². The van der Waals surface area contributed by atoms with E-state index in [-0.39, 0.29) is 12.1 Å². The molecule has 0 amide bonds. The monoisotopic (exact) mass is 273 g/mol. The van der Waals surface area contributed by atoms with Gasteiger partial charge in [0.1, 0.15) is 12.2 Å². The number of non-ortho nitro benzene ring substituents is 1. The third kappa shape index (κ3) is 1.86. The molecule has 2 aromatic rings. The summed E-state index contributed by atoms with van der Waals surface area (Å²) >= 11 is 0. The van der Waals surface area contributed by atoms with Crippen molar-refractivity contribution in [1.82, 2.24) is 0 Å². The zero-order valence-corrected chi connectivity index (χ0v) is 10.3. The molecule has 0 heterocycles. The van der Waals surface area contributed by atoms with E-state index in [1.54, 1.807) is 18.2 Å². The number of nitrogens with zero attached hydrogens (tertiary/aromatic N) is 1. The minimum absolute atomic E-state index is 0.0422. The summed E-state index contributed by atoms with van der Waals surface area (Å²) in [4.78, 5) is 21.8. The zero-order valence-electron chi connectivity index (χ0n) is 10.3. The number of nitro groups is 1. The molecule has 0 saturated carbocycles. The Kier molecular flexibility index (Phi) is 2.77. The highest BCUT2D eigenvalue weighted by Crippen LogP contribution is 2.33. The lowest BCUT2D eigenvalue weighted by atomic mass is 9.85. The van der Waals surface area contributed by atoms with Crippen molar-refractivity contribution in [2.24, 2.45) is 0 Å². The molecule has 0 unspecified atom stereocenters. The Labute approximate surface area is 113 Å². The fourth-order valence-corrected chi connectivity index (χ4v) is 2.53. The average Bonchev–Trinajstić information content (AvgIpc) is 2.43. The van der Waals surface area contributed by atoms with Gasteiger partial charge in [-0.25, -0.2) is 0 Å². The predicted molar refractivity (Wildman–Crippen MR) is 70.3 cm³/mol. The minimum Gasteiger partial charge on any atom is -0.385 e. The number of nitro benzene ring substituents is 1. The normalized spacial score (nSPS) is 21.8. The second-order valence-electron chi connectivity index (χ2n) is 4.87. The highest BCUT2D eigenvalue weighted by Gasteiger charge is 2.33. The maximum Gasteiger partial charge on any atom is 0.270 e. The largest absolute Gasteiger partial charge is 0.385 e. The van der Waals surface area contributed by atoms with Crippen LogP contribution in [0, 0.1) is 10.1 Å². The number of carbonyl (C=O) groups excluding carboxylic acids is 1. The number of fused-ring (bicyclic) bond motifs is 2. The first kappa shape index (κ1) is 12.7. The van der Waals surface area contributed by atoms with Crippen LogP contribution in [0.25, 0.3) is 10.8 Å². The Morgan fingerprint density at radius 3 is 2.55 bits per heavy atom. The van der Waals surface area contributed by atoms with Gasteiger partial charge < -0.3 is 10.2 Å². The maximum absolute atomic E-state index is 11.5. The molecule has 0 bridgehead atoms. The van der Waals surface area contributed by atoms with Crippen LogP contribution in [0.1, 0.15) is 17.2 Å². The summed E-state index contributed by atoms with van der Waals surface area (Å²) in [6.45, 7) is 0. The number of Topliss-reactive ketones (excluding diaryl/α,β-unsaturated/α-hetero) is 1. The van der Waals surface area contributed by atoms with Gasteiger partial charge in [-0.2, -0.15) is 0 Å². The Morgan fingerprint density at radius 1 is 1.10 bits per heavy atom. The molecule has 20 heavy (non-hydrogen) atoms. The van der Waals surface area contributed by atoms with Gasteiger partial charge >= 0.3 is 0 Å². The molecule has 0 radical (unpaired) electrons. The zero-order chi connectivity index (χ0) is 14.4. The van der Waals surface area contributed by atoms with Crippen LogP contribution in [0.15, 0.2) is 30.3 Å².